The van der Waals surface area contributed by atoms with Crippen LogP contribution in [0.25, 0.3) is 11.1 Å². The van der Waals surface area contributed by atoms with Crippen LogP contribution in [0, 0.1) is 0 Å². The molecule has 132 valence electrons. The van der Waals surface area contributed by atoms with E-state index in [1.807, 2.05) is 80.6 Å². The Balaban J connectivity index is 1.65. The van der Waals surface area contributed by atoms with Crippen LogP contribution in [0.1, 0.15) is 35.8 Å². The molecule has 0 unspecified atom stereocenters. The van der Waals surface area contributed by atoms with Gasteiger partial charge in [-0.05, 0) is 54.8 Å². The van der Waals surface area contributed by atoms with Crippen LogP contribution < -0.4 is 10.1 Å². The van der Waals surface area contributed by atoms with Crippen molar-refractivity contribution in [2.75, 3.05) is 6.61 Å². The molecule has 0 aliphatic heterocycles. The quantitative estimate of drug-likeness (QED) is 0.663. The maximum atomic E-state index is 12.5. The van der Waals surface area contributed by atoms with Crippen molar-refractivity contribution in [1.29, 1.82) is 0 Å². The lowest BCUT2D eigenvalue weighted by molar-refractivity contribution is 0.0940. The molecule has 3 aromatic rings. The van der Waals surface area contributed by atoms with Crippen LogP contribution in [0.5, 0.6) is 5.75 Å². The molecule has 1 atom stereocenters. The first-order valence-electron chi connectivity index (χ1n) is 8.86. The molecule has 3 nitrogen and oxygen atoms in total. The van der Waals surface area contributed by atoms with Gasteiger partial charge in [0, 0.05) is 5.56 Å². The highest BCUT2D eigenvalue weighted by Gasteiger charge is 2.12. The Kier molecular flexibility index (Phi) is 5.69. The maximum absolute atomic E-state index is 12.5. The smallest absolute Gasteiger partial charge is 0.251 e. The molecule has 0 heterocycles. The Bertz CT molecular complexity index is 840. The van der Waals surface area contributed by atoms with E-state index in [1.54, 1.807) is 0 Å². The molecule has 3 rings (SSSR count). The molecule has 1 amide bonds. The van der Waals surface area contributed by atoms with Crippen molar-refractivity contribution < 1.29 is 9.53 Å². The van der Waals surface area contributed by atoms with E-state index in [2.05, 4.69) is 17.4 Å². The van der Waals surface area contributed by atoms with Crippen molar-refractivity contribution >= 4 is 5.91 Å². The van der Waals surface area contributed by atoms with Gasteiger partial charge in [0.05, 0.1) is 12.6 Å². The van der Waals surface area contributed by atoms with E-state index in [9.17, 15) is 4.79 Å². The molecule has 26 heavy (non-hydrogen) atoms. The highest BCUT2D eigenvalue weighted by atomic mass is 16.5. The number of benzene rings is 3. The molecular formula is C23H23NO2. The van der Waals surface area contributed by atoms with Gasteiger partial charge in [0.15, 0.2) is 0 Å². The Hall–Kier alpha value is -3.07. The van der Waals surface area contributed by atoms with E-state index in [0.717, 1.165) is 22.4 Å². The second kappa shape index (κ2) is 8.34. The number of amides is 1. The fourth-order valence-corrected chi connectivity index (χ4v) is 2.83. The minimum atomic E-state index is -0.0778. The number of carbonyl (C=O) groups excluding carboxylic acids is 1. The maximum Gasteiger partial charge on any atom is 0.251 e. The summed E-state index contributed by atoms with van der Waals surface area (Å²) < 4.78 is 5.45. The zero-order valence-corrected chi connectivity index (χ0v) is 15.1. The predicted octanol–water partition coefficient (Wildman–Crippen LogP) is 5.24. The summed E-state index contributed by atoms with van der Waals surface area (Å²) >= 11 is 0. The molecule has 0 aromatic heterocycles. The van der Waals surface area contributed by atoms with E-state index in [0.29, 0.717) is 12.2 Å². The average molecular weight is 345 g/mol. The molecular weight excluding hydrogens is 322 g/mol. The minimum absolute atomic E-state index is 0.0769. The van der Waals surface area contributed by atoms with Gasteiger partial charge in [0.25, 0.3) is 5.91 Å². The third-order valence-electron chi connectivity index (χ3n) is 4.29. The van der Waals surface area contributed by atoms with Gasteiger partial charge in [-0.1, -0.05) is 54.6 Å². The summed E-state index contributed by atoms with van der Waals surface area (Å²) in [4.78, 5) is 12.5. The molecule has 0 saturated carbocycles. The molecule has 0 aliphatic carbocycles. The zero-order valence-electron chi connectivity index (χ0n) is 15.1. The number of carbonyl (C=O) groups is 1. The van der Waals surface area contributed by atoms with Crippen molar-refractivity contribution in [1.82, 2.24) is 5.32 Å². The molecule has 0 fully saturated rings. The van der Waals surface area contributed by atoms with Crippen LogP contribution in [-0.4, -0.2) is 12.5 Å². The number of rotatable bonds is 6. The molecule has 0 aliphatic rings. The van der Waals surface area contributed by atoms with Crippen molar-refractivity contribution in [2.45, 2.75) is 19.9 Å². The molecule has 0 saturated heterocycles. The van der Waals surface area contributed by atoms with Crippen LogP contribution in [-0.2, 0) is 0 Å². The van der Waals surface area contributed by atoms with Crippen LogP contribution in [0.3, 0.4) is 0 Å². The summed E-state index contributed by atoms with van der Waals surface area (Å²) in [5, 5.41) is 3.04. The standard InChI is InChI=1S/C23H23NO2/c1-3-26-22-15-13-18(14-16-22)17(2)24-23(25)21-11-9-20(10-12-21)19-7-5-4-6-8-19/h4-17H,3H2,1-2H3,(H,24,25)/t17-/m0/s1. The Labute approximate surface area is 154 Å². The lowest BCUT2D eigenvalue weighted by Crippen LogP contribution is -2.26. The van der Waals surface area contributed by atoms with E-state index in [-0.39, 0.29) is 11.9 Å². The molecule has 0 bridgehead atoms. The van der Waals surface area contributed by atoms with Crippen LogP contribution in [0.2, 0.25) is 0 Å². The lowest BCUT2D eigenvalue weighted by Gasteiger charge is -2.15. The van der Waals surface area contributed by atoms with Crippen molar-refractivity contribution in [3.8, 4) is 16.9 Å². The van der Waals surface area contributed by atoms with E-state index in [1.165, 1.54) is 0 Å². The van der Waals surface area contributed by atoms with Crippen LogP contribution >= 0.6 is 0 Å². The molecule has 0 spiro atoms. The lowest BCUT2D eigenvalue weighted by atomic mass is 10.0. The van der Waals surface area contributed by atoms with Gasteiger partial charge in [0.1, 0.15) is 5.75 Å². The molecule has 1 N–H and O–H groups in total. The van der Waals surface area contributed by atoms with E-state index in [4.69, 9.17) is 4.74 Å². The second-order valence-electron chi connectivity index (χ2n) is 6.14. The monoisotopic (exact) mass is 345 g/mol. The van der Waals surface area contributed by atoms with Crippen molar-refractivity contribution in [3.05, 3.63) is 90.0 Å². The topological polar surface area (TPSA) is 38.3 Å². The fourth-order valence-electron chi connectivity index (χ4n) is 2.83. The summed E-state index contributed by atoms with van der Waals surface area (Å²) in [7, 11) is 0. The third-order valence-corrected chi connectivity index (χ3v) is 4.29. The number of nitrogens with one attached hydrogen (secondary N) is 1. The van der Waals surface area contributed by atoms with Gasteiger partial charge < -0.3 is 10.1 Å². The first kappa shape index (κ1) is 17.7. The zero-order chi connectivity index (χ0) is 18.4. The summed E-state index contributed by atoms with van der Waals surface area (Å²) in [6.07, 6.45) is 0. The fraction of sp³-hybridized carbons (Fsp3) is 0.174. The van der Waals surface area contributed by atoms with Crippen molar-refractivity contribution in [2.24, 2.45) is 0 Å². The second-order valence-corrected chi connectivity index (χ2v) is 6.14. The highest BCUT2D eigenvalue weighted by Crippen LogP contribution is 2.21. The van der Waals surface area contributed by atoms with Gasteiger partial charge in [-0.3, -0.25) is 4.79 Å². The molecule has 3 heteroatoms. The summed E-state index contributed by atoms with van der Waals surface area (Å²) in [6.45, 7) is 4.58. The van der Waals surface area contributed by atoms with Gasteiger partial charge in [-0.2, -0.15) is 0 Å². The summed E-state index contributed by atoms with van der Waals surface area (Å²) in [5.41, 5.74) is 3.94. The van der Waals surface area contributed by atoms with Gasteiger partial charge in [0.2, 0.25) is 0 Å². The van der Waals surface area contributed by atoms with Crippen LogP contribution in [0.15, 0.2) is 78.9 Å². The summed E-state index contributed by atoms with van der Waals surface area (Å²) in [5.74, 6) is 0.761. The molecule has 0 radical (unpaired) electrons. The number of hydrogen-bond acceptors (Lipinski definition) is 2. The van der Waals surface area contributed by atoms with Gasteiger partial charge in [-0.15, -0.1) is 0 Å². The average Bonchev–Trinajstić information content (AvgIpc) is 2.69. The first-order chi connectivity index (χ1) is 12.7. The van der Waals surface area contributed by atoms with Gasteiger partial charge >= 0.3 is 0 Å². The van der Waals surface area contributed by atoms with Crippen LogP contribution in [0.4, 0.5) is 0 Å². The highest BCUT2D eigenvalue weighted by molar-refractivity contribution is 5.94. The normalized spacial score (nSPS) is 11.6. The Morgan fingerprint density at radius 2 is 1.50 bits per heavy atom. The Morgan fingerprint density at radius 3 is 2.12 bits per heavy atom. The largest absolute Gasteiger partial charge is 0.494 e. The number of hydrogen-bond donors (Lipinski definition) is 1. The minimum Gasteiger partial charge on any atom is -0.494 e. The van der Waals surface area contributed by atoms with Crippen molar-refractivity contribution in [3.63, 3.8) is 0 Å². The SMILES string of the molecule is CCOc1ccc([C@H](C)NC(=O)c2ccc(-c3ccccc3)cc2)cc1. The number of ether oxygens (including phenoxy) is 1. The van der Waals surface area contributed by atoms with E-state index >= 15 is 0 Å². The van der Waals surface area contributed by atoms with Gasteiger partial charge in [-0.25, -0.2) is 0 Å². The van der Waals surface area contributed by atoms with E-state index < -0.39 is 0 Å². The molecule has 3 aromatic carbocycles. The first-order valence-corrected chi connectivity index (χ1v) is 8.86. The predicted molar refractivity (Wildman–Crippen MR) is 105 cm³/mol. The summed E-state index contributed by atoms with van der Waals surface area (Å²) in [6, 6.07) is 25.5. The third kappa shape index (κ3) is 4.31. The Morgan fingerprint density at radius 1 is 0.885 bits per heavy atom.